The molecule has 0 aliphatic heterocycles. The number of rotatable bonds is 6. The van der Waals surface area contributed by atoms with Crippen LogP contribution in [0.3, 0.4) is 0 Å². The summed E-state index contributed by atoms with van der Waals surface area (Å²) in [4.78, 5) is 4.32. The van der Waals surface area contributed by atoms with Gasteiger partial charge in [0.25, 0.3) is 5.89 Å². The molecular weight excluding hydrogens is 296 g/mol. The smallest absolute Gasteiger partial charge is 0.264 e. The molecule has 1 aromatic carbocycles. The van der Waals surface area contributed by atoms with Crippen molar-refractivity contribution in [3.05, 3.63) is 36.0 Å². The van der Waals surface area contributed by atoms with Gasteiger partial charge in [-0.2, -0.15) is 4.98 Å². The first-order valence-electron chi connectivity index (χ1n) is 7.55. The Labute approximate surface area is 136 Å². The fourth-order valence-electron chi connectivity index (χ4n) is 1.66. The lowest BCUT2D eigenvalue weighted by Crippen LogP contribution is -2.27. The van der Waals surface area contributed by atoms with Gasteiger partial charge in [-0.1, -0.05) is 25.9 Å². The number of nitrogens with zero attached hydrogens (tertiary/aromatic N) is 2. The standard InChI is InChI=1S/C17H24N2O4/c1-16(2,3)15-18-14(23-19-15)10-21-12-6-8-13(9-7-12)22-11-17(4,5)20/h6-9,20H,10-11H2,1-5H3. The van der Waals surface area contributed by atoms with E-state index < -0.39 is 5.60 Å². The van der Waals surface area contributed by atoms with Crippen molar-refractivity contribution in [1.29, 1.82) is 0 Å². The highest BCUT2D eigenvalue weighted by molar-refractivity contribution is 5.31. The highest BCUT2D eigenvalue weighted by atomic mass is 16.5. The van der Waals surface area contributed by atoms with E-state index in [9.17, 15) is 5.11 Å². The molecule has 1 heterocycles. The van der Waals surface area contributed by atoms with Crippen LogP contribution in [0.4, 0.5) is 0 Å². The number of aromatic nitrogens is 2. The largest absolute Gasteiger partial charge is 0.491 e. The molecule has 6 heteroatoms. The van der Waals surface area contributed by atoms with Gasteiger partial charge in [-0.15, -0.1) is 0 Å². The third-order valence-corrected chi connectivity index (χ3v) is 2.92. The lowest BCUT2D eigenvalue weighted by molar-refractivity contribution is 0.0284. The summed E-state index contributed by atoms with van der Waals surface area (Å²) in [6, 6.07) is 7.16. The van der Waals surface area contributed by atoms with Gasteiger partial charge in [0.1, 0.15) is 18.1 Å². The fourth-order valence-corrected chi connectivity index (χ4v) is 1.66. The van der Waals surface area contributed by atoms with Gasteiger partial charge in [0.15, 0.2) is 12.4 Å². The first-order valence-corrected chi connectivity index (χ1v) is 7.55. The van der Waals surface area contributed by atoms with Gasteiger partial charge in [-0.25, -0.2) is 0 Å². The molecule has 0 fully saturated rings. The highest BCUT2D eigenvalue weighted by Crippen LogP contribution is 2.21. The molecule has 126 valence electrons. The Kier molecular flexibility index (Phi) is 4.94. The van der Waals surface area contributed by atoms with E-state index in [2.05, 4.69) is 10.1 Å². The van der Waals surface area contributed by atoms with Crippen molar-refractivity contribution in [2.24, 2.45) is 0 Å². The van der Waals surface area contributed by atoms with Crippen molar-refractivity contribution in [1.82, 2.24) is 10.1 Å². The van der Waals surface area contributed by atoms with Crippen molar-refractivity contribution < 1.29 is 19.1 Å². The topological polar surface area (TPSA) is 77.6 Å². The SMILES string of the molecule is CC(C)(O)COc1ccc(OCc2nc(C(C)(C)C)no2)cc1. The second-order valence-electron chi connectivity index (χ2n) is 7.12. The highest BCUT2D eigenvalue weighted by Gasteiger charge is 2.21. The molecule has 1 N–H and O–H groups in total. The summed E-state index contributed by atoms with van der Waals surface area (Å²) in [6.07, 6.45) is 0. The summed E-state index contributed by atoms with van der Waals surface area (Å²) < 4.78 is 16.3. The quantitative estimate of drug-likeness (QED) is 0.881. The lowest BCUT2D eigenvalue weighted by Gasteiger charge is -2.17. The molecule has 1 aromatic heterocycles. The first kappa shape index (κ1) is 17.3. The van der Waals surface area contributed by atoms with E-state index in [0.29, 0.717) is 23.2 Å². The lowest BCUT2D eigenvalue weighted by atomic mass is 9.96. The van der Waals surface area contributed by atoms with Gasteiger partial charge >= 0.3 is 0 Å². The Balaban J connectivity index is 1.88. The maximum atomic E-state index is 9.63. The summed E-state index contributed by atoms with van der Waals surface area (Å²) in [6.45, 7) is 9.90. The number of benzene rings is 1. The summed E-state index contributed by atoms with van der Waals surface area (Å²) in [7, 11) is 0. The molecule has 0 aliphatic rings. The van der Waals surface area contributed by atoms with Crippen LogP contribution in [0.5, 0.6) is 11.5 Å². The fraction of sp³-hybridized carbons (Fsp3) is 0.529. The van der Waals surface area contributed by atoms with Crippen molar-refractivity contribution in [2.75, 3.05) is 6.61 Å². The van der Waals surface area contributed by atoms with E-state index in [-0.39, 0.29) is 18.6 Å². The molecule has 0 atom stereocenters. The van der Waals surface area contributed by atoms with Crippen LogP contribution in [-0.4, -0.2) is 27.5 Å². The van der Waals surface area contributed by atoms with Gasteiger partial charge in [-0.05, 0) is 38.1 Å². The van der Waals surface area contributed by atoms with Gasteiger partial charge in [-0.3, -0.25) is 0 Å². The summed E-state index contributed by atoms with van der Waals surface area (Å²) in [5.74, 6) is 2.45. The molecule has 0 aliphatic carbocycles. The molecule has 0 amide bonds. The Hall–Kier alpha value is -2.08. The molecule has 23 heavy (non-hydrogen) atoms. The van der Waals surface area contributed by atoms with Crippen LogP contribution in [0.15, 0.2) is 28.8 Å². The molecular formula is C17H24N2O4. The second-order valence-corrected chi connectivity index (χ2v) is 7.12. The monoisotopic (exact) mass is 320 g/mol. The van der Waals surface area contributed by atoms with Gasteiger partial charge in [0.05, 0.1) is 5.60 Å². The van der Waals surface area contributed by atoms with E-state index in [1.54, 1.807) is 38.1 Å². The number of hydrogen-bond acceptors (Lipinski definition) is 6. The zero-order chi connectivity index (χ0) is 17.1. The minimum absolute atomic E-state index is 0.152. The maximum Gasteiger partial charge on any atom is 0.264 e. The van der Waals surface area contributed by atoms with E-state index in [1.165, 1.54) is 0 Å². The minimum Gasteiger partial charge on any atom is -0.491 e. The normalized spacial score (nSPS) is 12.3. The molecule has 2 rings (SSSR count). The van der Waals surface area contributed by atoms with Crippen LogP contribution in [0.25, 0.3) is 0 Å². The van der Waals surface area contributed by atoms with Crippen LogP contribution in [-0.2, 0) is 12.0 Å². The zero-order valence-electron chi connectivity index (χ0n) is 14.3. The minimum atomic E-state index is -0.863. The van der Waals surface area contributed by atoms with Crippen molar-refractivity contribution in [3.63, 3.8) is 0 Å². The number of hydrogen-bond donors (Lipinski definition) is 1. The molecule has 6 nitrogen and oxygen atoms in total. The van der Waals surface area contributed by atoms with Crippen LogP contribution >= 0.6 is 0 Å². The second kappa shape index (κ2) is 6.58. The molecule has 0 saturated heterocycles. The van der Waals surface area contributed by atoms with Gasteiger partial charge in [0.2, 0.25) is 0 Å². The van der Waals surface area contributed by atoms with E-state index >= 15 is 0 Å². The average Bonchev–Trinajstić information content (AvgIpc) is 2.92. The molecule has 0 unspecified atom stereocenters. The molecule has 0 saturated carbocycles. The first-order chi connectivity index (χ1) is 10.6. The predicted molar refractivity (Wildman–Crippen MR) is 85.6 cm³/mol. The third-order valence-electron chi connectivity index (χ3n) is 2.92. The van der Waals surface area contributed by atoms with Crippen molar-refractivity contribution in [3.8, 4) is 11.5 Å². The predicted octanol–water partition coefficient (Wildman–Crippen LogP) is 3.10. The van der Waals surface area contributed by atoms with E-state index in [0.717, 1.165) is 0 Å². The Morgan fingerprint density at radius 3 is 2.04 bits per heavy atom. The van der Waals surface area contributed by atoms with Crippen molar-refractivity contribution in [2.45, 2.75) is 52.2 Å². The summed E-state index contributed by atoms with van der Waals surface area (Å²) in [5.41, 5.74) is -1.01. The van der Waals surface area contributed by atoms with E-state index in [4.69, 9.17) is 14.0 Å². The Morgan fingerprint density at radius 1 is 1.00 bits per heavy atom. The van der Waals surface area contributed by atoms with Crippen LogP contribution in [0, 0.1) is 0 Å². The Bertz CT molecular complexity index is 621. The maximum absolute atomic E-state index is 9.63. The van der Waals surface area contributed by atoms with Gasteiger partial charge < -0.3 is 19.1 Å². The molecule has 0 bridgehead atoms. The molecule has 0 radical (unpaired) electrons. The third kappa shape index (κ3) is 5.56. The van der Waals surface area contributed by atoms with E-state index in [1.807, 2.05) is 20.8 Å². The van der Waals surface area contributed by atoms with Crippen LogP contribution < -0.4 is 9.47 Å². The van der Waals surface area contributed by atoms with Crippen LogP contribution in [0.2, 0.25) is 0 Å². The van der Waals surface area contributed by atoms with Crippen molar-refractivity contribution >= 4 is 0 Å². The summed E-state index contributed by atoms with van der Waals surface area (Å²) >= 11 is 0. The summed E-state index contributed by atoms with van der Waals surface area (Å²) in [5, 5.41) is 13.6. The molecule has 2 aromatic rings. The van der Waals surface area contributed by atoms with Crippen LogP contribution in [0.1, 0.15) is 46.3 Å². The average molecular weight is 320 g/mol. The Morgan fingerprint density at radius 2 is 1.57 bits per heavy atom. The molecule has 0 spiro atoms. The number of aliphatic hydroxyl groups is 1. The number of ether oxygens (including phenoxy) is 2. The van der Waals surface area contributed by atoms with Gasteiger partial charge in [0, 0.05) is 5.41 Å². The zero-order valence-corrected chi connectivity index (χ0v) is 14.3.